The third kappa shape index (κ3) is 5.13. The lowest BCUT2D eigenvalue weighted by atomic mass is 9.32. The second-order valence-electron chi connectivity index (χ2n) is 18.0. The molecule has 286 valence electrons. The summed E-state index contributed by atoms with van der Waals surface area (Å²) >= 11 is 1.56. The summed E-state index contributed by atoms with van der Waals surface area (Å²) in [5.74, 6) is 0.694. The number of rotatable bonds is 7. The van der Waals surface area contributed by atoms with Gasteiger partial charge < -0.3 is 19.8 Å². The van der Waals surface area contributed by atoms with Crippen LogP contribution >= 0.6 is 11.3 Å². The Bertz CT molecular complexity index is 2420. The van der Waals surface area contributed by atoms with Gasteiger partial charge in [-0.25, -0.2) is 4.79 Å². The first-order valence-electron chi connectivity index (χ1n) is 20.3. The zero-order valence-corrected chi connectivity index (χ0v) is 32.9. The number of Topliss-reactive ketones (excluding diaryl/α,β-unsaturated/α-hetero) is 1. The molecule has 0 aliphatic heterocycles. The Morgan fingerprint density at radius 3 is 2.29 bits per heavy atom. The van der Waals surface area contributed by atoms with Crippen LogP contribution in [0.3, 0.4) is 0 Å². The van der Waals surface area contributed by atoms with E-state index in [1.807, 2.05) is 91.0 Å². The van der Waals surface area contributed by atoms with E-state index in [4.69, 9.17) is 4.74 Å². The maximum Gasteiger partial charge on any atom is 0.415 e. The highest BCUT2D eigenvalue weighted by atomic mass is 32.1. The first-order chi connectivity index (χ1) is 27.0. The van der Waals surface area contributed by atoms with Gasteiger partial charge in [0.05, 0.1) is 23.1 Å². The molecule has 1 heterocycles. The number of benzene rings is 4. The van der Waals surface area contributed by atoms with Gasteiger partial charge in [-0.1, -0.05) is 111 Å². The minimum Gasteiger partial charge on any atom is -0.410 e. The van der Waals surface area contributed by atoms with Gasteiger partial charge >= 0.3 is 6.09 Å². The lowest BCUT2D eigenvalue weighted by molar-refractivity contribution is -0.175. The first-order valence-corrected chi connectivity index (χ1v) is 21.2. The molecule has 2 spiro atoms. The van der Waals surface area contributed by atoms with Crippen molar-refractivity contribution in [1.29, 1.82) is 0 Å². The van der Waals surface area contributed by atoms with E-state index < -0.39 is 34.0 Å². The third-order valence-corrected chi connectivity index (χ3v) is 16.6. The Balaban J connectivity index is 1.03. The van der Waals surface area contributed by atoms with E-state index in [0.717, 1.165) is 69.0 Å². The molecule has 0 saturated heterocycles. The second-order valence-corrected chi connectivity index (χ2v) is 19.1. The maximum absolute atomic E-state index is 15.2. The molecule has 1 aromatic heterocycles. The fourth-order valence-electron chi connectivity index (χ4n) is 12.5. The number of hydrogen-bond acceptors (Lipinski definition) is 6. The van der Waals surface area contributed by atoms with E-state index in [2.05, 4.69) is 44.2 Å². The number of ether oxygens (including phenoxy) is 1. The predicted molar refractivity (Wildman–Crippen MR) is 222 cm³/mol. The Kier molecular flexibility index (Phi) is 8.14. The van der Waals surface area contributed by atoms with Gasteiger partial charge in [0.15, 0.2) is 5.78 Å². The number of fused-ring (bicyclic) bond motifs is 3. The van der Waals surface area contributed by atoms with Crippen LogP contribution in [0, 0.1) is 33.5 Å². The van der Waals surface area contributed by atoms with E-state index in [-0.39, 0.29) is 29.6 Å². The Labute approximate surface area is 332 Å². The van der Waals surface area contributed by atoms with Crippen molar-refractivity contribution >= 4 is 44.1 Å². The Hall–Kier alpha value is -4.56. The average molecular weight is 764 g/mol. The quantitative estimate of drug-likeness (QED) is 0.127. The van der Waals surface area contributed by atoms with Gasteiger partial charge in [-0.15, -0.1) is 11.3 Å². The SMILES string of the molecule is C[C@]12CC[C@H]3[C@]4(C=C[C@@]5(C=C4C(=O)c4cc6ccccc6s4)CC(O)CC[C@]35C)[C@@H]1CC[C@@]2(O)CN(Cc1ccccc1)C(=O)Oc1ccc2ccccc2c1. The number of aliphatic hydroxyl groups excluding tert-OH is 1. The number of nitrogens with zero attached hydrogens (tertiary/aromatic N) is 1. The molecule has 4 aromatic carbocycles. The van der Waals surface area contributed by atoms with Gasteiger partial charge in [-0.3, -0.25) is 4.79 Å². The zero-order chi connectivity index (χ0) is 38.5. The molecule has 8 atom stereocenters. The molecule has 6 aliphatic carbocycles. The average Bonchev–Trinajstić information content (AvgIpc) is 3.76. The van der Waals surface area contributed by atoms with E-state index in [1.165, 1.54) is 0 Å². The van der Waals surface area contributed by atoms with Crippen LogP contribution in [0.1, 0.15) is 74.0 Å². The van der Waals surface area contributed by atoms with Gasteiger partial charge in [0.1, 0.15) is 5.75 Å². The molecule has 3 fully saturated rings. The molecule has 1 amide bonds. The predicted octanol–water partition coefficient (Wildman–Crippen LogP) is 10.5. The smallest absolute Gasteiger partial charge is 0.410 e. The summed E-state index contributed by atoms with van der Waals surface area (Å²) in [5.41, 5.74) is -1.15. The van der Waals surface area contributed by atoms with Crippen LogP contribution in [0.15, 0.2) is 127 Å². The minimum absolute atomic E-state index is 0.0309. The van der Waals surface area contributed by atoms with Crippen molar-refractivity contribution in [3.63, 3.8) is 0 Å². The molecule has 2 bridgehead atoms. The van der Waals surface area contributed by atoms with Crippen LogP contribution in [0.5, 0.6) is 5.75 Å². The molecule has 1 unspecified atom stereocenters. The van der Waals surface area contributed by atoms with E-state index in [1.54, 1.807) is 16.2 Å². The number of thiophene rings is 1. The van der Waals surface area contributed by atoms with Crippen molar-refractivity contribution < 1.29 is 24.5 Å². The molecule has 0 radical (unpaired) electrons. The van der Waals surface area contributed by atoms with E-state index in [9.17, 15) is 15.0 Å². The Morgan fingerprint density at radius 1 is 0.786 bits per heavy atom. The summed E-state index contributed by atoms with van der Waals surface area (Å²) < 4.78 is 7.20. The summed E-state index contributed by atoms with van der Waals surface area (Å²) in [6.45, 7) is 5.04. The van der Waals surface area contributed by atoms with Gasteiger partial charge in [0, 0.05) is 33.1 Å². The van der Waals surface area contributed by atoms with Crippen LogP contribution in [0.25, 0.3) is 20.9 Å². The number of allylic oxidation sites excluding steroid dienone is 4. The molecule has 6 nitrogen and oxygen atoms in total. The van der Waals surface area contributed by atoms with Crippen LogP contribution < -0.4 is 4.74 Å². The number of ketones is 1. The zero-order valence-electron chi connectivity index (χ0n) is 32.1. The van der Waals surface area contributed by atoms with Crippen molar-refractivity contribution in [1.82, 2.24) is 4.90 Å². The highest BCUT2D eigenvalue weighted by Gasteiger charge is 2.74. The molecule has 11 rings (SSSR count). The summed E-state index contributed by atoms with van der Waals surface area (Å²) in [6, 6.07) is 33.8. The van der Waals surface area contributed by atoms with Crippen molar-refractivity contribution in [2.45, 2.75) is 77.0 Å². The highest BCUT2D eigenvalue weighted by Crippen LogP contribution is 2.78. The van der Waals surface area contributed by atoms with Gasteiger partial charge in [-0.2, -0.15) is 0 Å². The number of carbonyl (C=O) groups is 2. The number of aliphatic hydroxyl groups is 2. The van der Waals surface area contributed by atoms with E-state index >= 15 is 4.79 Å². The first kappa shape index (κ1) is 35.8. The van der Waals surface area contributed by atoms with Gasteiger partial charge in [0.25, 0.3) is 0 Å². The van der Waals surface area contributed by atoms with Crippen LogP contribution in [-0.2, 0) is 6.54 Å². The number of carbonyl (C=O) groups excluding carboxylic acids is 2. The van der Waals surface area contributed by atoms with Crippen LogP contribution in [0.2, 0.25) is 0 Å². The van der Waals surface area contributed by atoms with Crippen molar-refractivity contribution in [3.05, 3.63) is 137 Å². The van der Waals surface area contributed by atoms with Crippen molar-refractivity contribution in [2.75, 3.05) is 6.54 Å². The normalized spacial score (nSPS) is 34.1. The number of amides is 1. The summed E-state index contributed by atoms with van der Waals surface area (Å²) in [5, 5.41) is 27.5. The van der Waals surface area contributed by atoms with Gasteiger partial charge in [-0.05, 0) is 108 Å². The van der Waals surface area contributed by atoms with E-state index in [0.29, 0.717) is 25.1 Å². The van der Waals surface area contributed by atoms with Crippen molar-refractivity contribution in [3.8, 4) is 5.75 Å². The maximum atomic E-state index is 15.2. The fourth-order valence-corrected chi connectivity index (χ4v) is 13.5. The van der Waals surface area contributed by atoms with Crippen molar-refractivity contribution in [2.24, 2.45) is 33.5 Å². The fraction of sp³-hybridized carbons (Fsp3) is 0.388. The number of hydrogen-bond donors (Lipinski definition) is 2. The molecule has 5 aromatic rings. The molecule has 3 saturated carbocycles. The Morgan fingerprint density at radius 2 is 1.48 bits per heavy atom. The molecule has 2 N–H and O–H groups in total. The minimum atomic E-state index is -1.23. The molecule has 56 heavy (non-hydrogen) atoms. The summed E-state index contributed by atoms with van der Waals surface area (Å²) in [7, 11) is 0. The standard InChI is InChI=1S/C49H49NO5S/c1-45-21-18-36(51)28-47(45)24-25-49(38(29-47)43(52)40-27-35-14-8-9-15-39(35)56-40)41(45)19-22-46(2)42(49)20-23-48(46,54)31-50(30-32-10-4-3-5-11-32)44(53)55-37-17-16-33-12-6-7-13-34(33)26-37/h3-17,24-27,29,36,41-42,51,54H,18-23,28,30-31H2,1-2H3/t36?,41-,42-,45-,46+,47+,48-,49-/m1/s1. The molecule has 6 aliphatic rings. The lowest BCUT2D eigenvalue weighted by Crippen LogP contribution is -2.67. The van der Waals surface area contributed by atoms with Crippen LogP contribution in [-0.4, -0.2) is 45.2 Å². The largest absolute Gasteiger partial charge is 0.415 e. The molecular weight excluding hydrogens is 715 g/mol. The molecule has 7 heteroatoms. The summed E-state index contributed by atoms with van der Waals surface area (Å²) in [6.07, 6.45) is 11.2. The van der Waals surface area contributed by atoms with Gasteiger partial charge in [0.2, 0.25) is 0 Å². The third-order valence-electron chi connectivity index (χ3n) is 15.5. The topological polar surface area (TPSA) is 87.1 Å². The molecular formula is C49H49NO5S. The van der Waals surface area contributed by atoms with Crippen LogP contribution in [0.4, 0.5) is 4.79 Å². The monoisotopic (exact) mass is 763 g/mol. The second kappa shape index (κ2) is 12.7. The highest BCUT2D eigenvalue weighted by molar-refractivity contribution is 7.21. The summed E-state index contributed by atoms with van der Waals surface area (Å²) in [4.78, 5) is 31.9. The lowest BCUT2D eigenvalue weighted by Gasteiger charge is -2.71.